The molecule has 2 aromatic heterocycles. The van der Waals surface area contributed by atoms with E-state index in [2.05, 4.69) is 9.97 Å². The van der Waals surface area contributed by atoms with Crippen LogP contribution in [0, 0.1) is 17.0 Å². The van der Waals surface area contributed by atoms with E-state index in [0.717, 1.165) is 52.8 Å². The van der Waals surface area contributed by atoms with Gasteiger partial charge in [0, 0.05) is 17.7 Å². The van der Waals surface area contributed by atoms with Crippen LogP contribution < -0.4 is 5.56 Å². The average Bonchev–Trinajstić information content (AvgIpc) is 2.79. The van der Waals surface area contributed by atoms with Crippen LogP contribution in [0.3, 0.4) is 0 Å². The van der Waals surface area contributed by atoms with Crippen LogP contribution in [-0.2, 0) is 6.42 Å². The quantitative estimate of drug-likeness (QED) is 0.365. The number of aromatic amines is 1. The highest BCUT2D eigenvalue weighted by molar-refractivity contribution is 5.98. The van der Waals surface area contributed by atoms with Gasteiger partial charge >= 0.3 is 0 Å². The minimum atomic E-state index is -0.394. The molecule has 2 heterocycles. The summed E-state index contributed by atoms with van der Waals surface area (Å²) in [6.07, 6.45) is 4.45. The van der Waals surface area contributed by atoms with E-state index in [0.29, 0.717) is 16.9 Å². The molecule has 0 saturated carbocycles. The molecule has 158 valence electrons. The molecule has 0 unspecified atom stereocenters. The number of aromatic nitrogens is 3. The van der Waals surface area contributed by atoms with E-state index >= 15 is 0 Å². The molecule has 2 aromatic carbocycles. The monoisotopic (exact) mass is 424 g/mol. The molecule has 1 aliphatic rings. The van der Waals surface area contributed by atoms with Crippen molar-refractivity contribution in [2.45, 2.75) is 26.2 Å². The summed E-state index contributed by atoms with van der Waals surface area (Å²) in [5, 5.41) is 11.7. The van der Waals surface area contributed by atoms with E-state index in [1.807, 2.05) is 42.5 Å². The molecular weight excluding hydrogens is 404 g/mol. The van der Waals surface area contributed by atoms with Crippen LogP contribution in [0.15, 0.2) is 59.4 Å². The Bertz CT molecular complexity index is 1460. The van der Waals surface area contributed by atoms with E-state index in [-0.39, 0.29) is 11.2 Å². The minimum absolute atomic E-state index is 0.0515. The van der Waals surface area contributed by atoms with E-state index < -0.39 is 4.92 Å². The van der Waals surface area contributed by atoms with Crippen molar-refractivity contribution in [2.75, 3.05) is 0 Å². The third-order valence-electron chi connectivity index (χ3n) is 5.74. The Morgan fingerprint density at radius 3 is 2.66 bits per heavy atom. The molecule has 4 aromatic rings. The molecule has 32 heavy (non-hydrogen) atoms. The summed E-state index contributed by atoms with van der Waals surface area (Å²) in [6, 6.07) is 16.4. The number of hydrogen-bond donors (Lipinski definition) is 1. The molecule has 0 spiro atoms. The largest absolute Gasteiger partial charge is 0.310 e. The summed E-state index contributed by atoms with van der Waals surface area (Å²) in [5.41, 5.74) is 5.65. The number of benzene rings is 2. The molecule has 0 aliphatic heterocycles. The smallest absolute Gasteiger partial charge is 0.270 e. The predicted octanol–water partition coefficient (Wildman–Crippen LogP) is 5.08. The van der Waals surface area contributed by atoms with Crippen molar-refractivity contribution in [3.8, 4) is 11.1 Å². The molecule has 0 radical (unpaired) electrons. The van der Waals surface area contributed by atoms with Gasteiger partial charge in [-0.3, -0.25) is 14.9 Å². The predicted molar refractivity (Wildman–Crippen MR) is 124 cm³/mol. The molecular formula is C25H20N4O3. The SMILES string of the molecule is Cc1nc2nc3c(c(-c4ccccc4)c2c(=O)[nH]1)CCCC3=Cc1cccc([N+](=O)[O-])c1. The highest BCUT2D eigenvalue weighted by Crippen LogP contribution is 2.39. The Labute approximate surface area is 183 Å². The van der Waals surface area contributed by atoms with E-state index in [1.165, 1.54) is 6.07 Å². The summed E-state index contributed by atoms with van der Waals surface area (Å²) in [5.74, 6) is 0.508. The standard InChI is InChI=1S/C25H20N4O3/c1-15-26-24-22(25(30)27-15)21(17-8-3-2-4-9-17)20-12-6-10-18(23(20)28-24)13-16-7-5-11-19(14-16)29(31)32/h2-5,7-9,11,13-14H,6,10,12H2,1H3,(H,26,27,28,30). The topological polar surface area (TPSA) is 102 Å². The lowest BCUT2D eigenvalue weighted by atomic mass is 9.84. The second-order valence-corrected chi connectivity index (χ2v) is 7.91. The van der Waals surface area contributed by atoms with Crippen LogP contribution in [0.5, 0.6) is 0 Å². The molecule has 7 heteroatoms. The van der Waals surface area contributed by atoms with Gasteiger partial charge in [-0.1, -0.05) is 42.5 Å². The van der Waals surface area contributed by atoms with Gasteiger partial charge in [0.05, 0.1) is 16.0 Å². The highest BCUT2D eigenvalue weighted by atomic mass is 16.6. The summed E-state index contributed by atoms with van der Waals surface area (Å²) >= 11 is 0. The summed E-state index contributed by atoms with van der Waals surface area (Å²) in [4.78, 5) is 35.9. The summed E-state index contributed by atoms with van der Waals surface area (Å²) in [6.45, 7) is 1.74. The average molecular weight is 424 g/mol. The van der Waals surface area contributed by atoms with Gasteiger partial charge in [0.2, 0.25) is 0 Å². The molecule has 7 nitrogen and oxygen atoms in total. The van der Waals surface area contributed by atoms with E-state index in [1.54, 1.807) is 19.1 Å². The van der Waals surface area contributed by atoms with Crippen molar-refractivity contribution >= 4 is 28.4 Å². The molecule has 0 amide bonds. The van der Waals surface area contributed by atoms with Crippen molar-refractivity contribution in [2.24, 2.45) is 0 Å². The fourth-order valence-electron chi connectivity index (χ4n) is 4.40. The molecule has 5 rings (SSSR count). The Hall–Kier alpha value is -4.13. The number of aryl methyl sites for hydroxylation is 1. The lowest BCUT2D eigenvalue weighted by Gasteiger charge is -2.23. The zero-order valence-corrected chi connectivity index (χ0v) is 17.5. The van der Waals surface area contributed by atoms with Crippen LogP contribution in [0.2, 0.25) is 0 Å². The summed E-state index contributed by atoms with van der Waals surface area (Å²) in [7, 11) is 0. The lowest BCUT2D eigenvalue weighted by molar-refractivity contribution is -0.384. The van der Waals surface area contributed by atoms with Gasteiger partial charge in [0.1, 0.15) is 5.82 Å². The first-order valence-electron chi connectivity index (χ1n) is 10.5. The zero-order chi connectivity index (χ0) is 22.2. The highest BCUT2D eigenvalue weighted by Gasteiger charge is 2.24. The van der Waals surface area contributed by atoms with Crippen molar-refractivity contribution in [3.63, 3.8) is 0 Å². The number of nitro benzene ring substituents is 1. The van der Waals surface area contributed by atoms with Crippen LogP contribution in [0.4, 0.5) is 5.69 Å². The number of nitrogens with zero attached hydrogens (tertiary/aromatic N) is 3. The van der Waals surface area contributed by atoms with Crippen molar-refractivity contribution < 1.29 is 4.92 Å². The number of nitro groups is 1. The first-order valence-corrected chi connectivity index (χ1v) is 10.5. The number of pyridine rings is 1. The van der Waals surface area contributed by atoms with Gasteiger partial charge in [0.15, 0.2) is 5.65 Å². The van der Waals surface area contributed by atoms with Crippen molar-refractivity contribution in [1.82, 2.24) is 15.0 Å². The minimum Gasteiger partial charge on any atom is -0.310 e. The first-order chi connectivity index (χ1) is 15.5. The second kappa shape index (κ2) is 7.85. The third kappa shape index (κ3) is 3.47. The van der Waals surface area contributed by atoms with E-state index in [9.17, 15) is 14.9 Å². The van der Waals surface area contributed by atoms with Gasteiger partial charge in [-0.15, -0.1) is 0 Å². The van der Waals surface area contributed by atoms with Crippen molar-refractivity contribution in [3.05, 3.63) is 97.7 Å². The molecule has 1 N–H and O–H groups in total. The molecule has 0 atom stereocenters. The Morgan fingerprint density at radius 2 is 1.88 bits per heavy atom. The van der Waals surface area contributed by atoms with Gasteiger partial charge in [0.25, 0.3) is 11.2 Å². The number of allylic oxidation sites excluding steroid dienone is 1. The number of nitrogens with one attached hydrogen (secondary N) is 1. The van der Waals surface area contributed by atoms with E-state index in [4.69, 9.17) is 4.98 Å². The normalized spacial score (nSPS) is 14.5. The molecule has 0 bridgehead atoms. The van der Waals surface area contributed by atoms with Gasteiger partial charge < -0.3 is 4.98 Å². The maximum absolute atomic E-state index is 12.9. The van der Waals surface area contributed by atoms with Crippen LogP contribution in [0.25, 0.3) is 33.8 Å². The number of rotatable bonds is 3. The van der Waals surface area contributed by atoms with Gasteiger partial charge in [-0.2, -0.15) is 0 Å². The fraction of sp³-hybridized carbons (Fsp3) is 0.160. The number of non-ortho nitro benzene ring substituents is 1. The molecule has 0 saturated heterocycles. The lowest BCUT2D eigenvalue weighted by Crippen LogP contribution is -2.16. The zero-order valence-electron chi connectivity index (χ0n) is 17.5. The van der Waals surface area contributed by atoms with Gasteiger partial charge in [-0.05, 0) is 54.5 Å². The maximum Gasteiger partial charge on any atom is 0.270 e. The Morgan fingerprint density at radius 1 is 1.06 bits per heavy atom. The number of fused-ring (bicyclic) bond motifs is 2. The summed E-state index contributed by atoms with van der Waals surface area (Å²) < 4.78 is 0. The number of hydrogen-bond acceptors (Lipinski definition) is 5. The fourth-order valence-corrected chi connectivity index (χ4v) is 4.40. The number of H-pyrrole nitrogens is 1. The Balaban J connectivity index is 1.80. The third-order valence-corrected chi connectivity index (χ3v) is 5.74. The molecule has 1 aliphatic carbocycles. The van der Waals surface area contributed by atoms with Gasteiger partial charge in [-0.25, -0.2) is 9.97 Å². The molecule has 0 fully saturated rings. The Kier molecular flexibility index (Phi) is 4.86. The van der Waals surface area contributed by atoms with Crippen LogP contribution in [0.1, 0.15) is 35.5 Å². The van der Waals surface area contributed by atoms with Crippen LogP contribution in [-0.4, -0.2) is 19.9 Å². The second-order valence-electron chi connectivity index (χ2n) is 7.91. The van der Waals surface area contributed by atoms with Crippen molar-refractivity contribution in [1.29, 1.82) is 0 Å². The first kappa shape index (κ1) is 19.8. The van der Waals surface area contributed by atoms with Crippen LogP contribution >= 0.6 is 0 Å². The maximum atomic E-state index is 12.9.